The molecule has 0 saturated heterocycles. The normalized spacial score (nSPS) is 9.80. The van der Waals surface area contributed by atoms with Crippen molar-refractivity contribution in [2.45, 2.75) is 26.2 Å². The van der Waals surface area contributed by atoms with Crippen molar-refractivity contribution < 1.29 is 9.53 Å². The first-order valence-corrected chi connectivity index (χ1v) is 3.91. The fourth-order valence-corrected chi connectivity index (χ4v) is 0.684. The van der Waals surface area contributed by atoms with E-state index in [2.05, 4.69) is 6.92 Å². The van der Waals surface area contributed by atoms with E-state index < -0.39 is 5.24 Å². The largest absolute Gasteiger partial charge is 0.372 e. The molecular weight excluding hydrogens is 152 g/mol. The average Bonchev–Trinajstić information content (AvgIpc) is 1.87. The zero-order valence-corrected chi connectivity index (χ0v) is 6.99. The smallest absolute Gasteiger partial charge is 0.247 e. The highest BCUT2D eigenvalue weighted by atomic mass is 35.5. The molecule has 0 spiro atoms. The van der Waals surface area contributed by atoms with Gasteiger partial charge in [-0.2, -0.15) is 0 Å². The van der Waals surface area contributed by atoms with Crippen molar-refractivity contribution in [1.29, 1.82) is 0 Å². The minimum absolute atomic E-state index is 0.0469. The van der Waals surface area contributed by atoms with Crippen molar-refractivity contribution in [1.82, 2.24) is 0 Å². The Morgan fingerprint density at radius 1 is 1.50 bits per heavy atom. The lowest BCUT2D eigenvalue weighted by Gasteiger charge is -1.98. The molecule has 0 aliphatic heterocycles. The second kappa shape index (κ2) is 7.03. The average molecular weight is 165 g/mol. The Kier molecular flexibility index (Phi) is 6.98. The second-order valence-corrected chi connectivity index (χ2v) is 2.54. The van der Waals surface area contributed by atoms with Gasteiger partial charge in [-0.1, -0.05) is 19.8 Å². The Bertz CT molecular complexity index is 93.6. The quantitative estimate of drug-likeness (QED) is 0.443. The maximum absolute atomic E-state index is 10.1. The SMILES string of the molecule is CCCCCOCC(=O)Cl. The van der Waals surface area contributed by atoms with Gasteiger partial charge in [0.15, 0.2) is 0 Å². The number of rotatable bonds is 6. The van der Waals surface area contributed by atoms with E-state index in [0.717, 1.165) is 19.3 Å². The van der Waals surface area contributed by atoms with Crippen LogP contribution in [-0.4, -0.2) is 18.5 Å². The summed E-state index contributed by atoms with van der Waals surface area (Å²) in [7, 11) is 0. The molecule has 0 aromatic carbocycles. The van der Waals surface area contributed by atoms with E-state index in [0.29, 0.717) is 6.61 Å². The third kappa shape index (κ3) is 7.92. The van der Waals surface area contributed by atoms with Crippen molar-refractivity contribution in [3.8, 4) is 0 Å². The zero-order chi connectivity index (χ0) is 7.82. The second-order valence-electron chi connectivity index (χ2n) is 2.11. The summed E-state index contributed by atoms with van der Waals surface area (Å²) in [6.07, 6.45) is 3.33. The van der Waals surface area contributed by atoms with Crippen LogP contribution in [0.15, 0.2) is 0 Å². The van der Waals surface area contributed by atoms with Gasteiger partial charge in [-0.15, -0.1) is 0 Å². The van der Waals surface area contributed by atoms with E-state index in [1.54, 1.807) is 0 Å². The molecule has 0 N–H and O–H groups in total. The summed E-state index contributed by atoms with van der Waals surface area (Å²) < 4.78 is 4.92. The molecule has 0 fully saturated rings. The van der Waals surface area contributed by atoms with Gasteiger partial charge in [0.1, 0.15) is 6.61 Å². The van der Waals surface area contributed by atoms with Crippen LogP contribution in [0.5, 0.6) is 0 Å². The predicted molar refractivity (Wildman–Crippen MR) is 41.2 cm³/mol. The van der Waals surface area contributed by atoms with Gasteiger partial charge in [-0.25, -0.2) is 0 Å². The minimum Gasteiger partial charge on any atom is -0.372 e. The molecule has 0 amide bonds. The number of unbranched alkanes of at least 4 members (excludes halogenated alkanes) is 2. The molecule has 0 aliphatic carbocycles. The molecule has 2 nitrogen and oxygen atoms in total. The van der Waals surface area contributed by atoms with E-state index >= 15 is 0 Å². The Balaban J connectivity index is 2.84. The lowest BCUT2D eigenvalue weighted by atomic mass is 10.3. The van der Waals surface area contributed by atoms with Crippen molar-refractivity contribution in [3.63, 3.8) is 0 Å². The lowest BCUT2D eigenvalue weighted by molar-refractivity contribution is -0.115. The van der Waals surface area contributed by atoms with Crippen molar-refractivity contribution in [2.75, 3.05) is 13.2 Å². The first-order chi connectivity index (χ1) is 4.77. The molecule has 0 aromatic rings. The van der Waals surface area contributed by atoms with Crippen LogP contribution >= 0.6 is 11.6 Å². The molecule has 0 saturated carbocycles. The van der Waals surface area contributed by atoms with Gasteiger partial charge in [0, 0.05) is 6.61 Å². The van der Waals surface area contributed by atoms with Gasteiger partial charge in [0.2, 0.25) is 5.24 Å². The summed E-state index contributed by atoms with van der Waals surface area (Å²) >= 11 is 5.03. The summed E-state index contributed by atoms with van der Waals surface area (Å²) in [5.41, 5.74) is 0. The number of hydrogen-bond acceptors (Lipinski definition) is 2. The summed E-state index contributed by atoms with van der Waals surface area (Å²) in [5, 5.41) is -0.420. The highest BCUT2D eigenvalue weighted by Gasteiger charge is 1.93. The van der Waals surface area contributed by atoms with E-state index in [4.69, 9.17) is 16.3 Å². The topological polar surface area (TPSA) is 26.3 Å². The van der Waals surface area contributed by atoms with Crippen LogP contribution < -0.4 is 0 Å². The van der Waals surface area contributed by atoms with E-state index in [9.17, 15) is 4.79 Å². The first kappa shape index (κ1) is 9.92. The molecule has 60 valence electrons. The maximum atomic E-state index is 10.1. The molecule has 0 atom stereocenters. The Morgan fingerprint density at radius 3 is 2.70 bits per heavy atom. The summed E-state index contributed by atoms with van der Waals surface area (Å²) in [4.78, 5) is 10.1. The molecule has 0 aromatic heterocycles. The molecule has 10 heavy (non-hydrogen) atoms. The van der Waals surface area contributed by atoms with Gasteiger partial charge in [0.05, 0.1) is 0 Å². The number of carbonyl (C=O) groups is 1. The number of halogens is 1. The number of hydrogen-bond donors (Lipinski definition) is 0. The van der Waals surface area contributed by atoms with Gasteiger partial charge in [-0.05, 0) is 18.0 Å². The minimum atomic E-state index is -0.420. The third-order valence-corrected chi connectivity index (χ3v) is 1.22. The van der Waals surface area contributed by atoms with Crippen LogP contribution in [0.25, 0.3) is 0 Å². The maximum Gasteiger partial charge on any atom is 0.247 e. The van der Waals surface area contributed by atoms with Crippen LogP contribution in [0.2, 0.25) is 0 Å². The van der Waals surface area contributed by atoms with Crippen molar-refractivity contribution in [2.24, 2.45) is 0 Å². The summed E-state index contributed by atoms with van der Waals surface area (Å²) in [5.74, 6) is 0. The Labute approximate surface area is 66.5 Å². The standard InChI is InChI=1S/C7H13ClO2/c1-2-3-4-5-10-6-7(8)9/h2-6H2,1H3. The van der Waals surface area contributed by atoms with Crippen LogP contribution in [0, 0.1) is 0 Å². The van der Waals surface area contributed by atoms with E-state index in [-0.39, 0.29) is 6.61 Å². The first-order valence-electron chi connectivity index (χ1n) is 3.53. The van der Waals surface area contributed by atoms with Crippen LogP contribution in [0.1, 0.15) is 26.2 Å². The van der Waals surface area contributed by atoms with Crippen LogP contribution in [0.4, 0.5) is 0 Å². The van der Waals surface area contributed by atoms with Gasteiger partial charge < -0.3 is 4.74 Å². The number of carbonyl (C=O) groups excluding carboxylic acids is 1. The molecule has 3 heteroatoms. The van der Waals surface area contributed by atoms with Crippen molar-refractivity contribution in [3.05, 3.63) is 0 Å². The Morgan fingerprint density at radius 2 is 2.20 bits per heavy atom. The van der Waals surface area contributed by atoms with Crippen LogP contribution in [-0.2, 0) is 9.53 Å². The fraction of sp³-hybridized carbons (Fsp3) is 0.857. The zero-order valence-electron chi connectivity index (χ0n) is 6.23. The van der Waals surface area contributed by atoms with Crippen LogP contribution in [0.3, 0.4) is 0 Å². The molecule has 0 rings (SSSR count). The molecule has 0 heterocycles. The monoisotopic (exact) mass is 164 g/mol. The molecule has 0 radical (unpaired) electrons. The molecule has 0 unspecified atom stereocenters. The van der Waals surface area contributed by atoms with Crippen molar-refractivity contribution >= 4 is 16.8 Å². The fourth-order valence-electron chi connectivity index (χ4n) is 0.607. The highest BCUT2D eigenvalue weighted by molar-refractivity contribution is 6.63. The van der Waals surface area contributed by atoms with Gasteiger partial charge in [0.25, 0.3) is 0 Å². The van der Waals surface area contributed by atoms with E-state index in [1.807, 2.05) is 0 Å². The molecule has 0 bridgehead atoms. The van der Waals surface area contributed by atoms with Gasteiger partial charge >= 0.3 is 0 Å². The molecule has 0 aliphatic rings. The van der Waals surface area contributed by atoms with Gasteiger partial charge in [-0.3, -0.25) is 4.79 Å². The highest BCUT2D eigenvalue weighted by Crippen LogP contribution is 1.94. The summed E-state index contributed by atoms with van der Waals surface area (Å²) in [6.45, 7) is 2.81. The lowest BCUT2D eigenvalue weighted by Crippen LogP contribution is -2.02. The predicted octanol–water partition coefficient (Wildman–Crippen LogP) is 1.96. The van der Waals surface area contributed by atoms with E-state index in [1.165, 1.54) is 0 Å². The summed E-state index contributed by atoms with van der Waals surface area (Å²) in [6, 6.07) is 0. The Hall–Kier alpha value is -0.0800. The number of ether oxygens (including phenoxy) is 1. The third-order valence-electron chi connectivity index (χ3n) is 1.11. The molecular formula is C7H13ClO2.